The van der Waals surface area contributed by atoms with Crippen LogP contribution in [-0.4, -0.2) is 0 Å². The number of halogens is 1. The Morgan fingerprint density at radius 1 is 1.11 bits per heavy atom. The van der Waals surface area contributed by atoms with Crippen LogP contribution in [0.15, 0.2) is 12.1 Å². The Labute approximate surface area is 110 Å². The Kier molecular flexibility index (Phi) is 3.76. The largest absolute Gasteiger partial charge is 0.323 e. The quantitative estimate of drug-likeness (QED) is 0.825. The van der Waals surface area contributed by atoms with E-state index in [-0.39, 0.29) is 17.3 Å². The van der Waals surface area contributed by atoms with Crippen molar-refractivity contribution in [3.05, 3.63) is 34.6 Å². The van der Waals surface area contributed by atoms with Gasteiger partial charge in [0.2, 0.25) is 0 Å². The van der Waals surface area contributed by atoms with E-state index in [0.29, 0.717) is 11.1 Å². The third kappa shape index (κ3) is 2.44. The van der Waals surface area contributed by atoms with Gasteiger partial charge in [-0.25, -0.2) is 4.39 Å². The fourth-order valence-electron chi connectivity index (χ4n) is 3.23. The first-order chi connectivity index (χ1) is 8.44. The van der Waals surface area contributed by atoms with Gasteiger partial charge in [0.15, 0.2) is 0 Å². The van der Waals surface area contributed by atoms with Crippen molar-refractivity contribution >= 4 is 0 Å². The van der Waals surface area contributed by atoms with E-state index in [1.54, 1.807) is 0 Å². The minimum atomic E-state index is -0.0975. The fraction of sp³-hybridized carbons (Fsp3) is 0.625. The van der Waals surface area contributed by atoms with Gasteiger partial charge in [-0.05, 0) is 48.8 Å². The lowest BCUT2D eigenvalue weighted by Gasteiger charge is -2.39. The topological polar surface area (TPSA) is 26.0 Å². The van der Waals surface area contributed by atoms with Crippen molar-refractivity contribution in [2.24, 2.45) is 11.1 Å². The van der Waals surface area contributed by atoms with Crippen molar-refractivity contribution < 1.29 is 4.39 Å². The SMILES string of the molecule is Cc1cc(C(N)C2(C)CCCCC2)cc(C)c1F. The average molecular weight is 249 g/mol. The van der Waals surface area contributed by atoms with Gasteiger partial charge < -0.3 is 5.73 Å². The van der Waals surface area contributed by atoms with Gasteiger partial charge in [-0.1, -0.05) is 38.3 Å². The molecule has 100 valence electrons. The van der Waals surface area contributed by atoms with E-state index in [2.05, 4.69) is 6.92 Å². The molecule has 0 amide bonds. The van der Waals surface area contributed by atoms with Crippen LogP contribution in [0.4, 0.5) is 4.39 Å². The zero-order valence-corrected chi connectivity index (χ0v) is 11.7. The lowest BCUT2D eigenvalue weighted by atomic mass is 9.69. The van der Waals surface area contributed by atoms with Crippen LogP contribution in [0.25, 0.3) is 0 Å². The molecule has 2 N–H and O–H groups in total. The highest BCUT2D eigenvalue weighted by Crippen LogP contribution is 2.44. The number of hydrogen-bond donors (Lipinski definition) is 1. The standard InChI is InChI=1S/C16H24FN/c1-11-9-13(10-12(2)14(11)17)15(18)16(3)7-5-4-6-8-16/h9-10,15H,4-8,18H2,1-3H3. The summed E-state index contributed by atoms with van der Waals surface area (Å²) in [6.07, 6.45) is 6.23. The zero-order chi connectivity index (χ0) is 13.3. The highest BCUT2D eigenvalue weighted by molar-refractivity contribution is 5.33. The summed E-state index contributed by atoms with van der Waals surface area (Å²) in [5.41, 5.74) is 9.15. The highest BCUT2D eigenvalue weighted by Gasteiger charge is 2.34. The molecule has 1 saturated carbocycles. The molecule has 2 rings (SSSR count). The molecule has 0 spiro atoms. The van der Waals surface area contributed by atoms with Crippen molar-refractivity contribution in [3.8, 4) is 0 Å². The third-order valence-corrected chi connectivity index (χ3v) is 4.56. The van der Waals surface area contributed by atoms with Gasteiger partial charge in [0.1, 0.15) is 5.82 Å². The Balaban J connectivity index is 2.30. The monoisotopic (exact) mass is 249 g/mol. The number of rotatable bonds is 2. The highest BCUT2D eigenvalue weighted by atomic mass is 19.1. The molecule has 0 radical (unpaired) electrons. The molecule has 1 nitrogen and oxygen atoms in total. The van der Waals surface area contributed by atoms with E-state index >= 15 is 0 Å². The predicted molar refractivity (Wildman–Crippen MR) is 74.0 cm³/mol. The Hall–Kier alpha value is -0.890. The van der Waals surface area contributed by atoms with Crippen molar-refractivity contribution in [2.45, 2.75) is 58.9 Å². The molecule has 0 heterocycles. The fourth-order valence-corrected chi connectivity index (χ4v) is 3.23. The number of aryl methyl sites for hydroxylation is 2. The summed E-state index contributed by atoms with van der Waals surface area (Å²) in [6.45, 7) is 5.92. The molecule has 1 unspecified atom stereocenters. The van der Waals surface area contributed by atoms with E-state index < -0.39 is 0 Å². The van der Waals surface area contributed by atoms with Gasteiger partial charge >= 0.3 is 0 Å². The van der Waals surface area contributed by atoms with Crippen LogP contribution in [0.5, 0.6) is 0 Å². The molecule has 1 aliphatic carbocycles. The molecule has 0 saturated heterocycles. The van der Waals surface area contributed by atoms with Gasteiger partial charge in [0, 0.05) is 6.04 Å². The van der Waals surface area contributed by atoms with E-state index in [4.69, 9.17) is 5.73 Å². The summed E-state index contributed by atoms with van der Waals surface area (Å²) in [5.74, 6) is -0.0975. The van der Waals surface area contributed by atoms with Crippen LogP contribution in [0.3, 0.4) is 0 Å². The first-order valence-electron chi connectivity index (χ1n) is 6.96. The van der Waals surface area contributed by atoms with Gasteiger partial charge in [-0.3, -0.25) is 0 Å². The Bertz CT molecular complexity index is 410. The molecule has 0 aromatic heterocycles. The maximum atomic E-state index is 13.7. The number of hydrogen-bond acceptors (Lipinski definition) is 1. The maximum Gasteiger partial charge on any atom is 0.129 e. The van der Waals surface area contributed by atoms with Crippen molar-refractivity contribution in [1.29, 1.82) is 0 Å². The van der Waals surface area contributed by atoms with Crippen molar-refractivity contribution in [3.63, 3.8) is 0 Å². The van der Waals surface area contributed by atoms with Gasteiger partial charge in [-0.15, -0.1) is 0 Å². The van der Waals surface area contributed by atoms with Crippen LogP contribution in [-0.2, 0) is 0 Å². The second-order valence-electron chi connectivity index (χ2n) is 6.16. The first-order valence-corrected chi connectivity index (χ1v) is 6.96. The van der Waals surface area contributed by atoms with Crippen molar-refractivity contribution in [1.82, 2.24) is 0 Å². The number of nitrogens with two attached hydrogens (primary N) is 1. The molecule has 0 bridgehead atoms. The summed E-state index contributed by atoms with van der Waals surface area (Å²) >= 11 is 0. The molecule has 1 aliphatic rings. The van der Waals surface area contributed by atoms with Crippen LogP contribution >= 0.6 is 0 Å². The van der Waals surface area contributed by atoms with Crippen molar-refractivity contribution in [2.75, 3.05) is 0 Å². The molecule has 1 fully saturated rings. The zero-order valence-electron chi connectivity index (χ0n) is 11.7. The first kappa shape index (κ1) is 13.5. The number of benzene rings is 1. The minimum absolute atomic E-state index is 0.0239. The second-order valence-corrected chi connectivity index (χ2v) is 6.16. The molecular weight excluding hydrogens is 225 g/mol. The van der Waals surface area contributed by atoms with E-state index in [0.717, 1.165) is 5.56 Å². The summed E-state index contributed by atoms with van der Waals surface area (Å²) < 4.78 is 13.7. The maximum absolute atomic E-state index is 13.7. The summed E-state index contributed by atoms with van der Waals surface area (Å²) in [5, 5.41) is 0. The van der Waals surface area contributed by atoms with E-state index in [1.807, 2.05) is 26.0 Å². The second kappa shape index (κ2) is 5.00. The molecular formula is C16H24FN. The van der Waals surface area contributed by atoms with Crippen LogP contribution in [0.2, 0.25) is 0 Å². The molecule has 18 heavy (non-hydrogen) atoms. The average Bonchev–Trinajstić information content (AvgIpc) is 2.35. The molecule has 1 aromatic carbocycles. The molecule has 1 aromatic rings. The molecule has 2 heteroatoms. The molecule has 0 aliphatic heterocycles. The summed E-state index contributed by atoms with van der Waals surface area (Å²) in [4.78, 5) is 0. The van der Waals surface area contributed by atoms with Gasteiger partial charge in [0.05, 0.1) is 0 Å². The summed E-state index contributed by atoms with van der Waals surface area (Å²) in [6, 6.07) is 3.87. The predicted octanol–water partition coefficient (Wildman–Crippen LogP) is 4.41. The van der Waals surface area contributed by atoms with Gasteiger partial charge in [0.25, 0.3) is 0 Å². The smallest absolute Gasteiger partial charge is 0.129 e. The normalized spacial score (nSPS) is 20.7. The van der Waals surface area contributed by atoms with Crippen LogP contribution in [0, 0.1) is 25.1 Å². The van der Waals surface area contributed by atoms with Crippen LogP contribution in [0.1, 0.15) is 61.8 Å². The minimum Gasteiger partial charge on any atom is -0.323 e. The van der Waals surface area contributed by atoms with Crippen LogP contribution < -0.4 is 5.73 Å². The van der Waals surface area contributed by atoms with E-state index in [1.165, 1.54) is 32.1 Å². The van der Waals surface area contributed by atoms with Gasteiger partial charge in [-0.2, -0.15) is 0 Å². The molecule has 1 atom stereocenters. The Morgan fingerprint density at radius 3 is 2.11 bits per heavy atom. The lowest BCUT2D eigenvalue weighted by molar-refractivity contribution is 0.170. The third-order valence-electron chi connectivity index (χ3n) is 4.56. The van der Waals surface area contributed by atoms with E-state index in [9.17, 15) is 4.39 Å². The lowest BCUT2D eigenvalue weighted by Crippen LogP contribution is -2.34. The summed E-state index contributed by atoms with van der Waals surface area (Å²) in [7, 11) is 0. The Morgan fingerprint density at radius 2 is 1.61 bits per heavy atom.